The first-order valence-electron chi connectivity index (χ1n) is 6.95. The summed E-state index contributed by atoms with van der Waals surface area (Å²) in [6, 6.07) is 3.29. The Balaban J connectivity index is 2.81. The van der Waals surface area contributed by atoms with Gasteiger partial charge in [0.25, 0.3) is 10.0 Å². The Morgan fingerprint density at radius 1 is 1.29 bits per heavy atom. The molecule has 1 rings (SSSR count). The van der Waals surface area contributed by atoms with Crippen molar-refractivity contribution in [1.82, 2.24) is 9.21 Å². The van der Waals surface area contributed by atoms with Crippen molar-refractivity contribution in [2.24, 2.45) is 5.92 Å². The summed E-state index contributed by atoms with van der Waals surface area (Å²) < 4.78 is 26.0. The monoisotopic (exact) mass is 332 g/mol. The first kappa shape index (κ1) is 18.1. The van der Waals surface area contributed by atoms with Crippen LogP contribution in [0.1, 0.15) is 27.7 Å². The normalized spacial score (nSPS) is 12.4. The minimum Gasteiger partial charge on any atom is -0.339 e. The number of nitrogens with zero attached hydrogens (tertiary/aromatic N) is 2. The van der Waals surface area contributed by atoms with Gasteiger partial charge in [-0.1, -0.05) is 19.9 Å². The zero-order valence-electron chi connectivity index (χ0n) is 13.2. The topological polar surface area (TPSA) is 57.7 Å². The SMILES string of the molecule is CC(C)CN(C(=O)CN(C)S(=O)(=O)c1cccs1)C(C)C. The fourth-order valence-electron chi connectivity index (χ4n) is 1.92. The molecule has 0 aliphatic heterocycles. The lowest BCUT2D eigenvalue weighted by molar-refractivity contribution is -0.133. The number of hydrogen-bond acceptors (Lipinski definition) is 4. The summed E-state index contributed by atoms with van der Waals surface area (Å²) in [7, 11) is -2.13. The predicted octanol–water partition coefficient (Wildman–Crippen LogP) is 2.26. The number of sulfonamides is 1. The lowest BCUT2D eigenvalue weighted by Crippen LogP contribution is -2.45. The average molecular weight is 332 g/mol. The maximum absolute atomic E-state index is 12.4. The van der Waals surface area contributed by atoms with Gasteiger partial charge in [0.2, 0.25) is 5.91 Å². The molecule has 1 heterocycles. The van der Waals surface area contributed by atoms with Gasteiger partial charge in [-0.2, -0.15) is 4.31 Å². The van der Waals surface area contributed by atoms with Crippen molar-refractivity contribution in [2.75, 3.05) is 20.1 Å². The second-order valence-corrected chi connectivity index (χ2v) is 8.95. The molecule has 120 valence electrons. The largest absolute Gasteiger partial charge is 0.339 e. The highest BCUT2D eigenvalue weighted by Gasteiger charge is 2.27. The van der Waals surface area contributed by atoms with Gasteiger partial charge in [0, 0.05) is 19.6 Å². The van der Waals surface area contributed by atoms with E-state index in [1.54, 1.807) is 22.4 Å². The molecule has 0 N–H and O–H groups in total. The van der Waals surface area contributed by atoms with E-state index >= 15 is 0 Å². The number of likely N-dealkylation sites (N-methyl/N-ethyl adjacent to an activating group) is 1. The summed E-state index contributed by atoms with van der Waals surface area (Å²) in [5, 5.41) is 1.71. The van der Waals surface area contributed by atoms with Gasteiger partial charge < -0.3 is 4.90 Å². The molecular formula is C14H24N2O3S2. The van der Waals surface area contributed by atoms with Gasteiger partial charge in [-0.25, -0.2) is 8.42 Å². The molecule has 0 aliphatic carbocycles. The second kappa shape index (κ2) is 7.38. The summed E-state index contributed by atoms with van der Waals surface area (Å²) in [5.74, 6) is 0.178. The maximum atomic E-state index is 12.4. The molecule has 0 aliphatic rings. The van der Waals surface area contributed by atoms with Crippen molar-refractivity contribution in [3.8, 4) is 0 Å². The molecule has 0 fully saturated rings. The third-order valence-electron chi connectivity index (χ3n) is 3.02. The van der Waals surface area contributed by atoms with E-state index in [1.165, 1.54) is 7.05 Å². The molecule has 7 heteroatoms. The summed E-state index contributed by atoms with van der Waals surface area (Å²) in [4.78, 5) is 14.1. The Labute approximate surface area is 131 Å². The molecule has 1 aromatic rings. The summed E-state index contributed by atoms with van der Waals surface area (Å²) in [5.41, 5.74) is 0. The van der Waals surface area contributed by atoms with Crippen molar-refractivity contribution < 1.29 is 13.2 Å². The van der Waals surface area contributed by atoms with Crippen LogP contribution in [0.5, 0.6) is 0 Å². The summed E-state index contributed by atoms with van der Waals surface area (Å²) in [6.45, 7) is 8.44. The molecule has 0 atom stereocenters. The van der Waals surface area contributed by atoms with Gasteiger partial charge in [0.05, 0.1) is 6.54 Å². The Morgan fingerprint density at radius 2 is 1.90 bits per heavy atom. The van der Waals surface area contributed by atoms with Crippen LogP contribution in [0.4, 0.5) is 0 Å². The average Bonchev–Trinajstić information content (AvgIpc) is 2.89. The van der Waals surface area contributed by atoms with Crippen molar-refractivity contribution >= 4 is 27.3 Å². The molecule has 21 heavy (non-hydrogen) atoms. The lowest BCUT2D eigenvalue weighted by Gasteiger charge is -2.30. The molecule has 0 aromatic carbocycles. The van der Waals surface area contributed by atoms with Gasteiger partial charge in [0.15, 0.2) is 0 Å². The van der Waals surface area contributed by atoms with Crippen LogP contribution in [0.2, 0.25) is 0 Å². The van der Waals surface area contributed by atoms with Crippen molar-refractivity contribution in [3.63, 3.8) is 0 Å². The molecule has 0 bridgehead atoms. The van der Waals surface area contributed by atoms with Crippen molar-refractivity contribution in [1.29, 1.82) is 0 Å². The zero-order chi connectivity index (χ0) is 16.2. The Morgan fingerprint density at radius 3 is 2.33 bits per heavy atom. The smallest absolute Gasteiger partial charge is 0.252 e. The highest BCUT2D eigenvalue weighted by Crippen LogP contribution is 2.20. The molecule has 0 spiro atoms. The fourth-order valence-corrected chi connectivity index (χ4v) is 4.25. The van der Waals surface area contributed by atoms with Crippen LogP contribution in [0.15, 0.2) is 21.7 Å². The molecule has 5 nitrogen and oxygen atoms in total. The minimum atomic E-state index is -3.57. The van der Waals surface area contributed by atoms with E-state index in [1.807, 2.05) is 27.7 Å². The van der Waals surface area contributed by atoms with Gasteiger partial charge in [-0.05, 0) is 31.2 Å². The van der Waals surface area contributed by atoms with Crippen molar-refractivity contribution in [2.45, 2.75) is 37.9 Å². The molecule has 0 saturated carbocycles. The lowest BCUT2D eigenvalue weighted by atomic mass is 10.2. The molecule has 0 unspecified atom stereocenters. The van der Waals surface area contributed by atoms with Crippen molar-refractivity contribution in [3.05, 3.63) is 17.5 Å². The highest BCUT2D eigenvalue weighted by molar-refractivity contribution is 7.91. The maximum Gasteiger partial charge on any atom is 0.252 e. The first-order chi connectivity index (χ1) is 9.66. The minimum absolute atomic E-state index is 0.0535. The van der Waals surface area contributed by atoms with Crippen LogP contribution in [0, 0.1) is 5.92 Å². The number of thiophene rings is 1. The van der Waals surface area contributed by atoms with Crippen LogP contribution >= 0.6 is 11.3 Å². The van der Waals surface area contributed by atoms with Crippen LogP contribution < -0.4 is 0 Å². The van der Waals surface area contributed by atoms with E-state index in [-0.39, 0.29) is 22.7 Å². The van der Waals surface area contributed by atoms with Gasteiger partial charge in [-0.3, -0.25) is 4.79 Å². The molecule has 1 aromatic heterocycles. The number of rotatable bonds is 7. The van der Waals surface area contributed by atoms with Gasteiger partial charge in [0.1, 0.15) is 4.21 Å². The quantitative estimate of drug-likeness (QED) is 0.769. The van der Waals surface area contributed by atoms with E-state index < -0.39 is 10.0 Å². The molecular weight excluding hydrogens is 308 g/mol. The molecule has 0 saturated heterocycles. The standard InChI is InChI=1S/C14H24N2O3S2/c1-11(2)9-16(12(3)4)13(17)10-15(5)21(18,19)14-7-6-8-20-14/h6-8,11-12H,9-10H2,1-5H3. The Hall–Kier alpha value is -0.920. The third kappa shape index (κ3) is 4.79. The van der Waals surface area contributed by atoms with E-state index in [4.69, 9.17) is 0 Å². The van der Waals surface area contributed by atoms with E-state index in [9.17, 15) is 13.2 Å². The van der Waals surface area contributed by atoms with Crippen LogP contribution in [-0.2, 0) is 14.8 Å². The summed E-state index contributed by atoms with van der Waals surface area (Å²) >= 11 is 1.16. The van der Waals surface area contributed by atoms with Gasteiger partial charge >= 0.3 is 0 Å². The van der Waals surface area contributed by atoms with E-state index in [0.717, 1.165) is 15.6 Å². The number of amides is 1. The molecule has 0 radical (unpaired) electrons. The highest BCUT2D eigenvalue weighted by atomic mass is 32.2. The number of hydrogen-bond donors (Lipinski definition) is 0. The Kier molecular flexibility index (Phi) is 6.37. The first-order valence-corrected chi connectivity index (χ1v) is 9.27. The van der Waals surface area contributed by atoms with Gasteiger partial charge in [-0.15, -0.1) is 11.3 Å². The zero-order valence-corrected chi connectivity index (χ0v) is 14.9. The number of carbonyl (C=O) groups excluding carboxylic acids is 1. The van der Waals surface area contributed by atoms with E-state index in [0.29, 0.717) is 12.5 Å². The Bertz CT molecular complexity index is 551. The third-order valence-corrected chi connectivity index (χ3v) is 6.20. The predicted molar refractivity (Wildman–Crippen MR) is 85.8 cm³/mol. The molecule has 1 amide bonds. The van der Waals surface area contributed by atoms with E-state index in [2.05, 4.69) is 0 Å². The fraction of sp³-hybridized carbons (Fsp3) is 0.643. The second-order valence-electron chi connectivity index (χ2n) is 5.73. The van der Waals surface area contributed by atoms with Crippen LogP contribution in [-0.4, -0.2) is 49.7 Å². The van der Waals surface area contributed by atoms with Crippen LogP contribution in [0.25, 0.3) is 0 Å². The van der Waals surface area contributed by atoms with Crippen LogP contribution in [0.3, 0.4) is 0 Å². The number of carbonyl (C=O) groups is 1. The summed E-state index contributed by atoms with van der Waals surface area (Å²) in [6.07, 6.45) is 0.